The smallest absolute Gasteiger partial charge is 0.334 e. The Balaban J connectivity index is 2.07. The van der Waals surface area contributed by atoms with Crippen LogP contribution < -0.4 is 0 Å². The van der Waals surface area contributed by atoms with E-state index >= 15 is 0 Å². The summed E-state index contributed by atoms with van der Waals surface area (Å²) in [5.41, 5.74) is 1.07. The maximum Gasteiger partial charge on any atom is 0.334 e. The standard InChI is InChI=1S/C12H16O4/c1-10(13)12(14)16-8-7-15-9-11-5-3-2-4-6-11/h2-6,10,13H,7-9H2,1H3/t10-/m1/s1. The van der Waals surface area contributed by atoms with Gasteiger partial charge in [-0.1, -0.05) is 30.3 Å². The number of esters is 1. The number of aliphatic hydroxyl groups excluding tert-OH is 1. The zero-order chi connectivity index (χ0) is 11.8. The Morgan fingerprint density at radius 3 is 2.62 bits per heavy atom. The largest absolute Gasteiger partial charge is 0.461 e. The highest BCUT2D eigenvalue weighted by Gasteiger charge is 2.08. The fourth-order valence-electron chi connectivity index (χ4n) is 1.09. The predicted molar refractivity (Wildman–Crippen MR) is 58.7 cm³/mol. The van der Waals surface area contributed by atoms with Gasteiger partial charge in [0.1, 0.15) is 12.7 Å². The van der Waals surface area contributed by atoms with Crippen LogP contribution in [0.2, 0.25) is 0 Å². The van der Waals surface area contributed by atoms with E-state index in [-0.39, 0.29) is 6.61 Å². The molecule has 4 heteroatoms. The second-order valence-electron chi connectivity index (χ2n) is 3.38. The van der Waals surface area contributed by atoms with Gasteiger partial charge in [0.2, 0.25) is 0 Å². The van der Waals surface area contributed by atoms with Crippen LogP contribution in [0, 0.1) is 0 Å². The summed E-state index contributed by atoms with van der Waals surface area (Å²) in [6.45, 7) is 2.35. The number of hydrogen-bond acceptors (Lipinski definition) is 4. The molecule has 0 aromatic heterocycles. The fraction of sp³-hybridized carbons (Fsp3) is 0.417. The molecule has 0 aliphatic rings. The van der Waals surface area contributed by atoms with E-state index in [1.807, 2.05) is 30.3 Å². The van der Waals surface area contributed by atoms with Crippen LogP contribution in [0.15, 0.2) is 30.3 Å². The molecule has 0 aliphatic heterocycles. The second-order valence-corrected chi connectivity index (χ2v) is 3.38. The molecule has 1 atom stereocenters. The molecule has 0 aliphatic carbocycles. The normalized spacial score (nSPS) is 12.1. The van der Waals surface area contributed by atoms with E-state index in [0.717, 1.165) is 5.56 Å². The number of hydrogen-bond donors (Lipinski definition) is 1. The third-order valence-corrected chi connectivity index (χ3v) is 1.92. The summed E-state index contributed by atoms with van der Waals surface area (Å²) in [5.74, 6) is -0.622. The SMILES string of the molecule is C[C@@H](O)C(=O)OCCOCc1ccccc1. The molecule has 88 valence electrons. The van der Waals surface area contributed by atoms with Crippen LogP contribution in [0.1, 0.15) is 12.5 Å². The average Bonchev–Trinajstić information content (AvgIpc) is 2.29. The van der Waals surface area contributed by atoms with Gasteiger partial charge in [0, 0.05) is 0 Å². The Morgan fingerprint density at radius 1 is 1.31 bits per heavy atom. The van der Waals surface area contributed by atoms with Crippen molar-refractivity contribution in [1.29, 1.82) is 0 Å². The summed E-state index contributed by atoms with van der Waals surface area (Å²) in [4.78, 5) is 10.8. The average molecular weight is 224 g/mol. The van der Waals surface area contributed by atoms with Crippen LogP contribution in [-0.4, -0.2) is 30.4 Å². The molecule has 0 amide bonds. The zero-order valence-corrected chi connectivity index (χ0v) is 9.26. The quantitative estimate of drug-likeness (QED) is 0.581. The summed E-state index contributed by atoms with van der Waals surface area (Å²) in [6, 6.07) is 9.73. The van der Waals surface area contributed by atoms with E-state index in [2.05, 4.69) is 0 Å². The van der Waals surface area contributed by atoms with E-state index in [1.54, 1.807) is 0 Å². The van der Waals surface area contributed by atoms with Crippen molar-refractivity contribution in [1.82, 2.24) is 0 Å². The van der Waals surface area contributed by atoms with E-state index in [1.165, 1.54) is 6.92 Å². The second kappa shape index (κ2) is 6.98. The molecule has 4 nitrogen and oxygen atoms in total. The molecule has 0 spiro atoms. The Labute approximate surface area is 94.8 Å². The maximum absolute atomic E-state index is 10.8. The lowest BCUT2D eigenvalue weighted by Crippen LogP contribution is -2.21. The van der Waals surface area contributed by atoms with Gasteiger partial charge in [-0.15, -0.1) is 0 Å². The summed E-state index contributed by atoms with van der Waals surface area (Å²) >= 11 is 0. The van der Waals surface area contributed by atoms with Gasteiger partial charge in [0.25, 0.3) is 0 Å². The van der Waals surface area contributed by atoms with E-state index in [0.29, 0.717) is 13.2 Å². The third-order valence-electron chi connectivity index (χ3n) is 1.92. The molecule has 16 heavy (non-hydrogen) atoms. The highest BCUT2D eigenvalue weighted by molar-refractivity contribution is 5.73. The Morgan fingerprint density at radius 2 is 2.00 bits per heavy atom. The molecule has 0 saturated carbocycles. The van der Waals surface area contributed by atoms with Gasteiger partial charge in [-0.3, -0.25) is 0 Å². The molecule has 0 bridgehead atoms. The first-order valence-electron chi connectivity index (χ1n) is 5.16. The molecule has 1 aromatic carbocycles. The van der Waals surface area contributed by atoms with Crippen LogP contribution in [0.5, 0.6) is 0 Å². The number of carbonyl (C=O) groups is 1. The van der Waals surface area contributed by atoms with Crippen LogP contribution in [0.3, 0.4) is 0 Å². The number of carbonyl (C=O) groups excluding carboxylic acids is 1. The van der Waals surface area contributed by atoms with Crippen molar-refractivity contribution >= 4 is 5.97 Å². The molecule has 0 saturated heterocycles. The first kappa shape index (κ1) is 12.7. The predicted octanol–water partition coefficient (Wildman–Crippen LogP) is 1.13. The molecule has 0 fully saturated rings. The number of benzene rings is 1. The van der Waals surface area contributed by atoms with Crippen LogP contribution in [0.4, 0.5) is 0 Å². The van der Waals surface area contributed by atoms with Gasteiger partial charge in [0.15, 0.2) is 0 Å². The molecule has 1 N–H and O–H groups in total. The van der Waals surface area contributed by atoms with Crippen molar-refractivity contribution in [2.24, 2.45) is 0 Å². The third kappa shape index (κ3) is 4.91. The molecule has 1 rings (SSSR count). The fourth-order valence-corrected chi connectivity index (χ4v) is 1.09. The maximum atomic E-state index is 10.8. The Kier molecular flexibility index (Phi) is 5.53. The minimum Gasteiger partial charge on any atom is -0.461 e. The minimum absolute atomic E-state index is 0.163. The van der Waals surface area contributed by atoms with Crippen molar-refractivity contribution in [3.8, 4) is 0 Å². The minimum atomic E-state index is -1.07. The van der Waals surface area contributed by atoms with Crippen LogP contribution in [-0.2, 0) is 20.9 Å². The highest BCUT2D eigenvalue weighted by atomic mass is 16.6. The van der Waals surface area contributed by atoms with Crippen LogP contribution >= 0.6 is 0 Å². The van der Waals surface area contributed by atoms with E-state index < -0.39 is 12.1 Å². The molecular formula is C12H16O4. The number of rotatable bonds is 6. The first-order chi connectivity index (χ1) is 7.70. The zero-order valence-electron chi connectivity index (χ0n) is 9.26. The van der Waals surface area contributed by atoms with Crippen molar-refractivity contribution in [2.45, 2.75) is 19.6 Å². The van der Waals surface area contributed by atoms with Crippen molar-refractivity contribution in [3.63, 3.8) is 0 Å². The van der Waals surface area contributed by atoms with E-state index in [9.17, 15) is 4.79 Å². The molecule has 0 radical (unpaired) electrons. The summed E-state index contributed by atoms with van der Waals surface area (Å²) in [5, 5.41) is 8.84. The van der Waals surface area contributed by atoms with E-state index in [4.69, 9.17) is 14.6 Å². The van der Waals surface area contributed by atoms with Gasteiger partial charge < -0.3 is 14.6 Å². The van der Waals surface area contributed by atoms with Crippen molar-refractivity contribution < 1.29 is 19.4 Å². The van der Waals surface area contributed by atoms with Gasteiger partial charge in [-0.2, -0.15) is 0 Å². The Bertz CT molecular complexity index is 308. The summed E-state index contributed by atoms with van der Waals surface area (Å²) in [6.07, 6.45) is -1.07. The molecule has 1 aromatic rings. The monoisotopic (exact) mass is 224 g/mol. The van der Waals surface area contributed by atoms with Crippen molar-refractivity contribution in [3.05, 3.63) is 35.9 Å². The Hall–Kier alpha value is -1.39. The van der Waals surface area contributed by atoms with Gasteiger partial charge in [0.05, 0.1) is 13.2 Å². The number of aliphatic hydroxyl groups is 1. The van der Waals surface area contributed by atoms with Gasteiger partial charge in [-0.05, 0) is 12.5 Å². The summed E-state index contributed by atoms with van der Waals surface area (Å²) in [7, 11) is 0. The topological polar surface area (TPSA) is 55.8 Å². The van der Waals surface area contributed by atoms with Gasteiger partial charge in [-0.25, -0.2) is 4.79 Å². The lowest BCUT2D eigenvalue weighted by molar-refractivity contribution is -0.154. The molecular weight excluding hydrogens is 208 g/mol. The molecule has 0 unspecified atom stereocenters. The highest BCUT2D eigenvalue weighted by Crippen LogP contribution is 2.00. The van der Waals surface area contributed by atoms with Gasteiger partial charge >= 0.3 is 5.97 Å². The molecule has 0 heterocycles. The van der Waals surface area contributed by atoms with Crippen molar-refractivity contribution in [2.75, 3.05) is 13.2 Å². The lowest BCUT2D eigenvalue weighted by Gasteiger charge is -2.07. The van der Waals surface area contributed by atoms with Crippen LogP contribution in [0.25, 0.3) is 0 Å². The lowest BCUT2D eigenvalue weighted by atomic mass is 10.2. The summed E-state index contributed by atoms with van der Waals surface area (Å²) < 4.78 is 10.0. The first-order valence-corrected chi connectivity index (χ1v) is 5.16. The number of ether oxygens (including phenoxy) is 2.